The molecule has 8 heteroatoms. The van der Waals surface area contributed by atoms with Crippen LogP contribution in [0.25, 0.3) is 0 Å². The van der Waals surface area contributed by atoms with Gasteiger partial charge in [0.25, 0.3) is 5.91 Å². The van der Waals surface area contributed by atoms with Crippen LogP contribution in [-0.4, -0.2) is 62.0 Å². The molecule has 2 amide bonds. The highest BCUT2D eigenvalue weighted by atomic mass is 35.5. The molecule has 2 aliphatic rings. The van der Waals surface area contributed by atoms with E-state index >= 15 is 0 Å². The summed E-state index contributed by atoms with van der Waals surface area (Å²) in [6.07, 6.45) is 1.66. The van der Waals surface area contributed by atoms with Gasteiger partial charge >= 0.3 is 0 Å². The van der Waals surface area contributed by atoms with Crippen LogP contribution in [0, 0.1) is 5.92 Å². The standard InChI is InChI=1S/C26H34ClN5O2/c1-18(2)15-24-26(34)30-23-16-19(7-8-22(23)29-24)25(33)28-9-4-10-31-11-13-32(14-12-31)21-6-3-5-20(27)17-21/h3,5-8,16-18,24,29H,4,9-15H2,1-2H3,(H,28,33)(H,30,34). The number of hydrogen-bond acceptors (Lipinski definition) is 5. The second-order valence-corrected chi connectivity index (χ2v) is 9.93. The molecule has 1 unspecified atom stereocenters. The molecule has 0 aliphatic carbocycles. The maximum atomic E-state index is 12.6. The minimum absolute atomic E-state index is 0.0470. The Hall–Kier alpha value is -2.77. The van der Waals surface area contributed by atoms with Crippen molar-refractivity contribution in [2.24, 2.45) is 5.92 Å². The lowest BCUT2D eigenvalue weighted by molar-refractivity contribution is -0.117. The zero-order valence-electron chi connectivity index (χ0n) is 19.9. The van der Waals surface area contributed by atoms with Crippen molar-refractivity contribution in [3.63, 3.8) is 0 Å². The molecule has 2 aromatic carbocycles. The van der Waals surface area contributed by atoms with Crippen LogP contribution in [0.5, 0.6) is 0 Å². The van der Waals surface area contributed by atoms with E-state index in [-0.39, 0.29) is 17.9 Å². The molecule has 1 fully saturated rings. The highest BCUT2D eigenvalue weighted by Crippen LogP contribution is 2.29. The normalized spacial score (nSPS) is 18.3. The first kappa shape index (κ1) is 24.4. The Morgan fingerprint density at radius 2 is 1.91 bits per heavy atom. The largest absolute Gasteiger partial charge is 0.372 e. The van der Waals surface area contributed by atoms with Crippen molar-refractivity contribution in [1.29, 1.82) is 0 Å². The third-order valence-corrected chi connectivity index (χ3v) is 6.61. The van der Waals surface area contributed by atoms with Crippen molar-refractivity contribution in [2.75, 3.05) is 54.8 Å². The summed E-state index contributed by atoms with van der Waals surface area (Å²) in [7, 11) is 0. The topological polar surface area (TPSA) is 76.7 Å². The van der Waals surface area contributed by atoms with Gasteiger partial charge in [0.1, 0.15) is 6.04 Å². The Bertz CT molecular complexity index is 1020. The molecule has 4 rings (SSSR count). The van der Waals surface area contributed by atoms with Gasteiger partial charge in [0.05, 0.1) is 11.4 Å². The summed E-state index contributed by atoms with van der Waals surface area (Å²) in [5.74, 6) is 0.253. The van der Waals surface area contributed by atoms with Crippen LogP contribution in [0.15, 0.2) is 42.5 Å². The SMILES string of the molecule is CC(C)CC1Nc2ccc(C(=O)NCCCN3CCN(c4cccc(Cl)c4)CC3)cc2NC1=O. The van der Waals surface area contributed by atoms with Crippen molar-refractivity contribution in [3.05, 3.63) is 53.1 Å². The number of benzene rings is 2. The van der Waals surface area contributed by atoms with Gasteiger partial charge < -0.3 is 20.9 Å². The van der Waals surface area contributed by atoms with E-state index in [1.54, 1.807) is 12.1 Å². The molecule has 7 nitrogen and oxygen atoms in total. The van der Waals surface area contributed by atoms with Gasteiger partial charge in [-0.2, -0.15) is 0 Å². The van der Waals surface area contributed by atoms with Crippen LogP contribution in [0.1, 0.15) is 37.0 Å². The fourth-order valence-electron chi connectivity index (χ4n) is 4.53. The number of anilines is 3. The van der Waals surface area contributed by atoms with E-state index < -0.39 is 0 Å². The lowest BCUT2D eigenvalue weighted by atomic mass is 10.00. The third kappa shape index (κ3) is 6.21. The maximum Gasteiger partial charge on any atom is 0.251 e. The van der Waals surface area contributed by atoms with Gasteiger partial charge in [-0.3, -0.25) is 14.5 Å². The average Bonchev–Trinajstić information content (AvgIpc) is 2.82. The van der Waals surface area contributed by atoms with Crippen molar-refractivity contribution in [2.45, 2.75) is 32.7 Å². The van der Waals surface area contributed by atoms with Gasteiger partial charge in [0.2, 0.25) is 5.91 Å². The molecule has 1 saturated heterocycles. The molecule has 0 aromatic heterocycles. The summed E-state index contributed by atoms with van der Waals surface area (Å²) in [5.41, 5.74) is 3.25. The third-order valence-electron chi connectivity index (χ3n) is 6.38. The molecule has 2 aliphatic heterocycles. The maximum absolute atomic E-state index is 12.6. The minimum atomic E-state index is -0.237. The quantitative estimate of drug-likeness (QED) is 0.493. The van der Waals surface area contributed by atoms with E-state index in [4.69, 9.17) is 11.6 Å². The highest BCUT2D eigenvalue weighted by molar-refractivity contribution is 6.30. The number of rotatable bonds is 8. The van der Waals surface area contributed by atoms with Crippen LogP contribution in [0.2, 0.25) is 5.02 Å². The van der Waals surface area contributed by atoms with E-state index in [9.17, 15) is 9.59 Å². The van der Waals surface area contributed by atoms with Gasteiger partial charge in [-0.15, -0.1) is 0 Å². The number of amides is 2. The van der Waals surface area contributed by atoms with Gasteiger partial charge in [0, 0.05) is 49.0 Å². The molecule has 2 aromatic rings. The number of fused-ring (bicyclic) bond motifs is 1. The molecule has 34 heavy (non-hydrogen) atoms. The van der Waals surface area contributed by atoms with Gasteiger partial charge in [-0.05, 0) is 61.7 Å². The molecule has 0 bridgehead atoms. The lowest BCUT2D eigenvalue weighted by Gasteiger charge is -2.36. The minimum Gasteiger partial charge on any atom is -0.372 e. The summed E-state index contributed by atoms with van der Waals surface area (Å²) in [5, 5.41) is 10.0. The number of halogens is 1. The predicted octanol–water partition coefficient (Wildman–Crippen LogP) is 4.06. The Balaban J connectivity index is 1.19. The molecular formula is C26H34ClN5O2. The van der Waals surface area contributed by atoms with Crippen LogP contribution < -0.4 is 20.9 Å². The molecule has 1 atom stereocenters. The fraction of sp³-hybridized carbons (Fsp3) is 0.462. The van der Waals surface area contributed by atoms with Crippen molar-refractivity contribution in [3.8, 4) is 0 Å². The zero-order chi connectivity index (χ0) is 24.1. The van der Waals surface area contributed by atoms with Crippen LogP contribution in [-0.2, 0) is 4.79 Å². The summed E-state index contributed by atoms with van der Waals surface area (Å²) >= 11 is 6.12. The first-order valence-electron chi connectivity index (χ1n) is 12.1. The van der Waals surface area contributed by atoms with Crippen LogP contribution in [0.3, 0.4) is 0 Å². The van der Waals surface area contributed by atoms with Crippen molar-refractivity contribution >= 4 is 40.5 Å². The summed E-state index contributed by atoms with van der Waals surface area (Å²) < 4.78 is 0. The fourth-order valence-corrected chi connectivity index (χ4v) is 4.72. The Labute approximate surface area is 206 Å². The second kappa shape index (κ2) is 11.1. The van der Waals surface area contributed by atoms with E-state index in [1.807, 2.05) is 24.3 Å². The van der Waals surface area contributed by atoms with Crippen LogP contribution >= 0.6 is 11.6 Å². The molecule has 0 saturated carbocycles. The zero-order valence-corrected chi connectivity index (χ0v) is 20.7. The smallest absolute Gasteiger partial charge is 0.251 e. The van der Waals surface area contributed by atoms with E-state index in [1.165, 1.54) is 5.69 Å². The number of nitrogens with one attached hydrogen (secondary N) is 3. The van der Waals surface area contributed by atoms with E-state index in [0.717, 1.165) is 56.3 Å². The Morgan fingerprint density at radius 1 is 1.12 bits per heavy atom. The molecular weight excluding hydrogens is 450 g/mol. The number of nitrogens with zero attached hydrogens (tertiary/aromatic N) is 2. The first-order valence-corrected chi connectivity index (χ1v) is 12.5. The van der Waals surface area contributed by atoms with E-state index in [0.29, 0.717) is 23.7 Å². The molecule has 182 valence electrons. The van der Waals surface area contributed by atoms with E-state index in [2.05, 4.69) is 45.7 Å². The summed E-state index contributed by atoms with van der Waals surface area (Å²) in [4.78, 5) is 29.8. The molecule has 2 heterocycles. The number of carbonyl (C=O) groups excluding carboxylic acids is 2. The molecule has 0 radical (unpaired) electrons. The first-order chi connectivity index (χ1) is 16.4. The summed E-state index contributed by atoms with van der Waals surface area (Å²) in [6.45, 7) is 9.69. The number of piperazine rings is 1. The highest BCUT2D eigenvalue weighted by Gasteiger charge is 2.26. The monoisotopic (exact) mass is 483 g/mol. The van der Waals surface area contributed by atoms with Gasteiger partial charge in [-0.25, -0.2) is 0 Å². The van der Waals surface area contributed by atoms with Gasteiger partial charge in [0.15, 0.2) is 0 Å². The Kier molecular flexibility index (Phi) is 7.95. The molecule has 3 N–H and O–H groups in total. The van der Waals surface area contributed by atoms with Crippen molar-refractivity contribution < 1.29 is 9.59 Å². The Morgan fingerprint density at radius 3 is 2.65 bits per heavy atom. The number of hydrogen-bond donors (Lipinski definition) is 3. The lowest BCUT2D eigenvalue weighted by Crippen LogP contribution is -2.47. The predicted molar refractivity (Wildman–Crippen MR) is 139 cm³/mol. The van der Waals surface area contributed by atoms with Crippen LogP contribution in [0.4, 0.5) is 17.1 Å². The second-order valence-electron chi connectivity index (χ2n) is 9.49. The van der Waals surface area contributed by atoms with Crippen molar-refractivity contribution in [1.82, 2.24) is 10.2 Å². The number of carbonyl (C=O) groups is 2. The summed E-state index contributed by atoms with van der Waals surface area (Å²) in [6, 6.07) is 13.2. The molecule has 0 spiro atoms. The average molecular weight is 484 g/mol. The van der Waals surface area contributed by atoms with Gasteiger partial charge in [-0.1, -0.05) is 31.5 Å².